The second kappa shape index (κ2) is 7.31. The fourth-order valence-electron chi connectivity index (χ4n) is 3.76. The number of fused-ring (bicyclic) bond motifs is 1. The highest BCUT2D eigenvalue weighted by atomic mass is 19.4. The third-order valence-corrected chi connectivity index (χ3v) is 5.25. The number of hydrogen-bond acceptors (Lipinski definition) is 3. The molecule has 0 aliphatic heterocycles. The number of aromatic nitrogens is 1. The highest BCUT2D eigenvalue weighted by Crippen LogP contribution is 2.43. The van der Waals surface area contributed by atoms with Crippen molar-refractivity contribution in [2.24, 2.45) is 5.92 Å². The Balaban J connectivity index is 1.80. The summed E-state index contributed by atoms with van der Waals surface area (Å²) in [6, 6.07) is 17.4. The van der Waals surface area contributed by atoms with Gasteiger partial charge in [0.25, 0.3) is 0 Å². The summed E-state index contributed by atoms with van der Waals surface area (Å²) in [4.78, 5) is 18.3. The van der Waals surface area contributed by atoms with E-state index in [1.54, 1.807) is 54.6 Å². The molecule has 0 saturated carbocycles. The molecule has 1 atom stereocenters. The van der Waals surface area contributed by atoms with Crippen LogP contribution in [0.25, 0.3) is 11.3 Å². The Kier molecular flexibility index (Phi) is 4.82. The molecule has 4 rings (SSSR count). The minimum atomic E-state index is -4.29. The monoisotopic (exact) mass is 400 g/mol. The van der Waals surface area contributed by atoms with Gasteiger partial charge in [0.05, 0.1) is 22.9 Å². The van der Waals surface area contributed by atoms with Crippen LogP contribution in [0, 0.1) is 5.92 Å². The fourth-order valence-corrected chi connectivity index (χ4v) is 3.76. The number of nitrogens with two attached hydrogens (primary N) is 1. The van der Waals surface area contributed by atoms with Gasteiger partial charge in [0.1, 0.15) is 5.69 Å². The summed E-state index contributed by atoms with van der Waals surface area (Å²) in [5.74, 6) is -2.06. The van der Waals surface area contributed by atoms with Crippen molar-refractivity contribution < 1.29 is 22.8 Å². The molecule has 1 unspecified atom stereocenters. The molecule has 1 aliphatic rings. The molecule has 29 heavy (non-hydrogen) atoms. The van der Waals surface area contributed by atoms with Gasteiger partial charge in [-0.15, -0.1) is 0 Å². The smallest absolute Gasteiger partial charge is 0.392 e. The maximum atomic E-state index is 13.3. The van der Waals surface area contributed by atoms with E-state index >= 15 is 0 Å². The SMILES string of the molecule is Nc1c2c(n(OC(=O)c3ccccc3)c1-c1ccccc1)CCC(C(F)(F)F)C2. The number of benzene rings is 2. The van der Waals surface area contributed by atoms with Crippen LogP contribution in [-0.4, -0.2) is 16.9 Å². The summed E-state index contributed by atoms with van der Waals surface area (Å²) < 4.78 is 41.2. The van der Waals surface area contributed by atoms with Crippen molar-refractivity contribution in [2.45, 2.75) is 25.4 Å². The van der Waals surface area contributed by atoms with Gasteiger partial charge in [0, 0.05) is 11.1 Å². The van der Waals surface area contributed by atoms with Crippen LogP contribution < -0.4 is 10.6 Å². The first-order valence-electron chi connectivity index (χ1n) is 9.28. The minimum absolute atomic E-state index is 0.0724. The quantitative estimate of drug-likeness (QED) is 0.695. The number of hydrogen-bond donors (Lipinski definition) is 1. The van der Waals surface area contributed by atoms with Crippen molar-refractivity contribution in [3.05, 3.63) is 77.5 Å². The Morgan fingerprint density at radius 2 is 1.66 bits per heavy atom. The summed E-state index contributed by atoms with van der Waals surface area (Å²) in [6.07, 6.45) is -4.46. The van der Waals surface area contributed by atoms with Crippen molar-refractivity contribution >= 4 is 11.7 Å². The van der Waals surface area contributed by atoms with E-state index in [0.29, 0.717) is 28.1 Å². The van der Waals surface area contributed by atoms with Gasteiger partial charge in [0.2, 0.25) is 0 Å². The molecule has 0 bridgehead atoms. The number of nitrogens with zero attached hydrogens (tertiary/aromatic N) is 1. The second-order valence-corrected chi connectivity index (χ2v) is 7.07. The Morgan fingerprint density at radius 1 is 1.03 bits per heavy atom. The van der Waals surface area contributed by atoms with Crippen LogP contribution in [-0.2, 0) is 12.8 Å². The Morgan fingerprint density at radius 3 is 2.28 bits per heavy atom. The highest BCUT2D eigenvalue weighted by Gasteiger charge is 2.43. The van der Waals surface area contributed by atoms with Gasteiger partial charge in [-0.05, 0) is 31.4 Å². The van der Waals surface area contributed by atoms with Crippen LogP contribution in [0.1, 0.15) is 28.0 Å². The predicted molar refractivity (Wildman–Crippen MR) is 103 cm³/mol. The molecule has 0 spiro atoms. The highest BCUT2D eigenvalue weighted by molar-refractivity contribution is 5.90. The first-order chi connectivity index (χ1) is 13.9. The first kappa shape index (κ1) is 19.1. The van der Waals surface area contributed by atoms with E-state index in [4.69, 9.17) is 10.6 Å². The van der Waals surface area contributed by atoms with Crippen molar-refractivity contribution in [1.29, 1.82) is 0 Å². The lowest BCUT2D eigenvalue weighted by molar-refractivity contribution is -0.177. The molecule has 7 heteroatoms. The third kappa shape index (κ3) is 3.60. The topological polar surface area (TPSA) is 57.2 Å². The number of rotatable bonds is 3. The molecule has 1 aromatic heterocycles. The molecule has 1 heterocycles. The molecule has 0 saturated heterocycles. The van der Waals surface area contributed by atoms with E-state index in [1.807, 2.05) is 6.07 Å². The number of nitrogen functional groups attached to an aromatic ring is 1. The van der Waals surface area contributed by atoms with E-state index in [9.17, 15) is 18.0 Å². The van der Waals surface area contributed by atoms with Crippen LogP contribution in [0.5, 0.6) is 0 Å². The summed E-state index contributed by atoms with van der Waals surface area (Å²) in [6.45, 7) is 0. The largest absolute Gasteiger partial charge is 0.397 e. The summed E-state index contributed by atoms with van der Waals surface area (Å²) >= 11 is 0. The normalized spacial score (nSPS) is 16.3. The number of halogens is 3. The molecule has 0 radical (unpaired) electrons. The van der Waals surface area contributed by atoms with E-state index in [2.05, 4.69) is 0 Å². The molecule has 0 amide bonds. The first-order valence-corrected chi connectivity index (χ1v) is 9.28. The average Bonchev–Trinajstić information content (AvgIpc) is 3.00. The second-order valence-electron chi connectivity index (χ2n) is 7.07. The zero-order valence-electron chi connectivity index (χ0n) is 15.4. The van der Waals surface area contributed by atoms with Gasteiger partial charge in [-0.2, -0.15) is 17.9 Å². The van der Waals surface area contributed by atoms with E-state index in [-0.39, 0.29) is 24.9 Å². The van der Waals surface area contributed by atoms with Gasteiger partial charge in [-0.3, -0.25) is 0 Å². The maximum Gasteiger partial charge on any atom is 0.392 e. The molecule has 0 fully saturated rings. The Bertz CT molecular complexity index is 1030. The lowest BCUT2D eigenvalue weighted by atomic mass is 9.86. The van der Waals surface area contributed by atoms with Crippen molar-refractivity contribution in [3.63, 3.8) is 0 Å². The summed E-state index contributed by atoms with van der Waals surface area (Å²) in [5.41, 5.74) is 8.86. The van der Waals surface area contributed by atoms with Crippen molar-refractivity contribution in [2.75, 3.05) is 5.73 Å². The average molecular weight is 400 g/mol. The molecule has 1 aliphatic carbocycles. The van der Waals surface area contributed by atoms with E-state index < -0.39 is 18.1 Å². The standard InChI is InChI=1S/C22H19F3N2O2/c23-22(24,25)16-11-12-18-17(13-16)19(26)20(14-7-3-1-4-8-14)27(18)29-21(28)15-9-5-2-6-10-15/h1-10,16H,11-13,26H2. The minimum Gasteiger partial charge on any atom is -0.397 e. The molecular formula is C22H19F3N2O2. The lowest BCUT2D eigenvalue weighted by Crippen LogP contribution is -2.30. The van der Waals surface area contributed by atoms with Crippen molar-refractivity contribution in [3.8, 4) is 11.3 Å². The zero-order valence-corrected chi connectivity index (χ0v) is 15.4. The van der Waals surface area contributed by atoms with E-state index in [1.165, 1.54) is 4.73 Å². The maximum absolute atomic E-state index is 13.3. The number of carbonyl (C=O) groups is 1. The number of carbonyl (C=O) groups excluding carboxylic acids is 1. The number of anilines is 1. The summed E-state index contributed by atoms with van der Waals surface area (Å²) in [5, 5.41) is 0. The van der Waals surface area contributed by atoms with Gasteiger partial charge in [-0.25, -0.2) is 4.79 Å². The Labute approximate surface area is 165 Å². The lowest BCUT2D eigenvalue weighted by Gasteiger charge is -2.25. The van der Waals surface area contributed by atoms with Gasteiger partial charge < -0.3 is 10.6 Å². The van der Waals surface area contributed by atoms with Crippen LogP contribution in [0.3, 0.4) is 0 Å². The zero-order chi connectivity index (χ0) is 20.6. The summed E-state index contributed by atoms with van der Waals surface area (Å²) in [7, 11) is 0. The number of alkyl halides is 3. The van der Waals surface area contributed by atoms with Crippen LogP contribution >= 0.6 is 0 Å². The Hall–Kier alpha value is -3.22. The molecular weight excluding hydrogens is 381 g/mol. The van der Waals surface area contributed by atoms with Crippen LogP contribution in [0.2, 0.25) is 0 Å². The van der Waals surface area contributed by atoms with Crippen LogP contribution in [0.4, 0.5) is 18.9 Å². The predicted octanol–water partition coefficient (Wildman–Crippen LogP) is 4.67. The fraction of sp³-hybridized carbons (Fsp3) is 0.227. The van der Waals surface area contributed by atoms with Gasteiger partial charge in [-0.1, -0.05) is 48.5 Å². The third-order valence-electron chi connectivity index (χ3n) is 5.25. The molecule has 4 nitrogen and oxygen atoms in total. The van der Waals surface area contributed by atoms with Crippen LogP contribution in [0.15, 0.2) is 60.7 Å². The molecule has 2 aromatic carbocycles. The van der Waals surface area contributed by atoms with E-state index in [0.717, 1.165) is 0 Å². The molecule has 2 N–H and O–H groups in total. The van der Waals surface area contributed by atoms with Gasteiger partial charge in [0.15, 0.2) is 0 Å². The molecule has 3 aromatic rings. The van der Waals surface area contributed by atoms with Gasteiger partial charge >= 0.3 is 12.1 Å². The molecule has 150 valence electrons. The van der Waals surface area contributed by atoms with Crippen molar-refractivity contribution in [1.82, 2.24) is 4.73 Å².